The molecule has 7 heteroatoms. The molecule has 18 heavy (non-hydrogen) atoms. The van der Waals surface area contributed by atoms with E-state index in [2.05, 4.69) is 10.5 Å². The summed E-state index contributed by atoms with van der Waals surface area (Å²) >= 11 is 1.24. The van der Waals surface area contributed by atoms with Gasteiger partial charge in [-0.2, -0.15) is 0 Å². The number of nitrogens with zero attached hydrogens (tertiary/aromatic N) is 1. The van der Waals surface area contributed by atoms with Crippen molar-refractivity contribution < 1.29 is 19.5 Å². The molecule has 0 aliphatic carbocycles. The molecule has 3 N–H and O–H groups in total. The van der Waals surface area contributed by atoms with Gasteiger partial charge in [0.2, 0.25) is 11.8 Å². The van der Waals surface area contributed by atoms with E-state index in [1.807, 2.05) is 13.8 Å². The lowest BCUT2D eigenvalue weighted by atomic mass is 10.1. The maximum atomic E-state index is 11.5. The Hall–Kier alpha value is -1.05. The lowest BCUT2D eigenvalue weighted by Crippen LogP contribution is -2.18. The highest BCUT2D eigenvalue weighted by molar-refractivity contribution is 8.00. The van der Waals surface area contributed by atoms with Crippen molar-refractivity contribution in [2.45, 2.75) is 25.9 Å². The van der Waals surface area contributed by atoms with Gasteiger partial charge in [0.25, 0.3) is 0 Å². The number of thioether (sulfide) groups is 1. The molecule has 1 heterocycles. The molecule has 0 aliphatic heterocycles. The summed E-state index contributed by atoms with van der Waals surface area (Å²) in [7, 11) is 0. The van der Waals surface area contributed by atoms with Crippen LogP contribution >= 0.6 is 11.8 Å². The standard InChI is InChI=1S/C11H18N2O4S/c1-7(2)9-3-11(17-13-9)12-10(16)6-18-5-8(15)4-14/h3,7-8,14-15H,4-6H2,1-2H3,(H,12,16). The summed E-state index contributed by atoms with van der Waals surface area (Å²) in [6.45, 7) is 3.67. The van der Waals surface area contributed by atoms with E-state index in [9.17, 15) is 4.79 Å². The van der Waals surface area contributed by atoms with E-state index in [0.29, 0.717) is 11.6 Å². The summed E-state index contributed by atoms with van der Waals surface area (Å²) in [5.41, 5.74) is 0.786. The Bertz CT molecular complexity index is 381. The van der Waals surface area contributed by atoms with E-state index in [1.54, 1.807) is 6.07 Å². The highest BCUT2D eigenvalue weighted by Crippen LogP contribution is 2.17. The number of hydrogen-bond donors (Lipinski definition) is 3. The SMILES string of the molecule is CC(C)c1cc(NC(=O)CSCC(O)CO)on1. The fraction of sp³-hybridized carbons (Fsp3) is 0.636. The Labute approximate surface area is 110 Å². The number of carbonyl (C=O) groups excluding carboxylic acids is 1. The quantitative estimate of drug-likeness (QED) is 0.681. The minimum atomic E-state index is -0.791. The average Bonchev–Trinajstić information content (AvgIpc) is 2.77. The van der Waals surface area contributed by atoms with Gasteiger partial charge < -0.3 is 14.7 Å². The lowest BCUT2D eigenvalue weighted by Gasteiger charge is -2.05. The number of aromatic nitrogens is 1. The molecule has 0 saturated heterocycles. The minimum Gasteiger partial charge on any atom is -0.394 e. The van der Waals surface area contributed by atoms with Crippen LogP contribution in [0.2, 0.25) is 0 Å². The molecule has 1 rings (SSSR count). The zero-order valence-corrected chi connectivity index (χ0v) is 11.2. The fourth-order valence-electron chi connectivity index (χ4n) is 1.13. The third-order valence-electron chi connectivity index (χ3n) is 2.14. The second-order valence-corrected chi connectivity index (χ2v) is 5.20. The van der Waals surface area contributed by atoms with Crippen molar-refractivity contribution in [2.75, 3.05) is 23.4 Å². The van der Waals surface area contributed by atoms with Gasteiger partial charge in [0, 0.05) is 11.8 Å². The van der Waals surface area contributed by atoms with Crippen molar-refractivity contribution in [2.24, 2.45) is 0 Å². The van der Waals surface area contributed by atoms with E-state index < -0.39 is 6.10 Å². The summed E-state index contributed by atoms with van der Waals surface area (Å²) in [6, 6.07) is 1.69. The summed E-state index contributed by atoms with van der Waals surface area (Å²) < 4.78 is 4.96. The molecule has 0 radical (unpaired) electrons. The van der Waals surface area contributed by atoms with Crippen LogP contribution in [0.3, 0.4) is 0 Å². The molecule has 0 fully saturated rings. The van der Waals surface area contributed by atoms with Crippen LogP contribution in [0.25, 0.3) is 0 Å². The molecule has 1 amide bonds. The molecule has 102 valence electrons. The van der Waals surface area contributed by atoms with Gasteiger partial charge in [-0.15, -0.1) is 11.8 Å². The summed E-state index contributed by atoms with van der Waals surface area (Å²) in [4.78, 5) is 11.5. The van der Waals surface area contributed by atoms with Gasteiger partial charge in [-0.1, -0.05) is 19.0 Å². The van der Waals surface area contributed by atoms with Crippen molar-refractivity contribution in [1.82, 2.24) is 5.16 Å². The largest absolute Gasteiger partial charge is 0.394 e. The van der Waals surface area contributed by atoms with Gasteiger partial charge in [0.15, 0.2) is 0 Å². The maximum Gasteiger partial charge on any atom is 0.236 e. The lowest BCUT2D eigenvalue weighted by molar-refractivity contribution is -0.113. The van der Waals surface area contributed by atoms with Crippen molar-refractivity contribution in [3.8, 4) is 0 Å². The highest BCUT2D eigenvalue weighted by atomic mass is 32.2. The molecule has 1 atom stereocenters. The van der Waals surface area contributed by atoms with Gasteiger partial charge in [-0.3, -0.25) is 10.1 Å². The minimum absolute atomic E-state index is 0.189. The summed E-state index contributed by atoms with van der Waals surface area (Å²) in [5, 5.41) is 24.1. The normalized spacial score (nSPS) is 12.7. The van der Waals surface area contributed by atoms with Crippen molar-refractivity contribution in [3.05, 3.63) is 11.8 Å². The number of carbonyl (C=O) groups is 1. The van der Waals surface area contributed by atoms with Gasteiger partial charge in [-0.25, -0.2) is 0 Å². The molecular weight excluding hydrogens is 256 g/mol. The second kappa shape index (κ2) is 7.40. The van der Waals surface area contributed by atoms with Gasteiger partial charge in [0.05, 0.1) is 24.2 Å². The highest BCUT2D eigenvalue weighted by Gasteiger charge is 2.11. The van der Waals surface area contributed by atoms with E-state index in [-0.39, 0.29) is 24.2 Å². The number of hydrogen-bond acceptors (Lipinski definition) is 6. The van der Waals surface area contributed by atoms with Crippen molar-refractivity contribution in [1.29, 1.82) is 0 Å². The number of rotatable bonds is 7. The van der Waals surface area contributed by atoms with E-state index in [0.717, 1.165) is 5.69 Å². The zero-order chi connectivity index (χ0) is 13.5. The van der Waals surface area contributed by atoms with Crippen LogP contribution in [0.15, 0.2) is 10.6 Å². The van der Waals surface area contributed by atoms with Gasteiger partial charge in [-0.05, 0) is 5.92 Å². The predicted molar refractivity (Wildman–Crippen MR) is 69.6 cm³/mol. The van der Waals surface area contributed by atoms with E-state index in [4.69, 9.17) is 14.7 Å². The first-order valence-corrected chi connectivity index (χ1v) is 6.81. The maximum absolute atomic E-state index is 11.5. The summed E-state index contributed by atoms with van der Waals surface area (Å²) in [5.74, 6) is 0.851. The van der Waals surface area contributed by atoms with Crippen LogP contribution in [-0.2, 0) is 4.79 Å². The molecule has 0 bridgehead atoms. The summed E-state index contributed by atoms with van der Waals surface area (Å²) in [6.07, 6.45) is -0.791. The number of nitrogens with one attached hydrogen (secondary N) is 1. The van der Waals surface area contributed by atoms with E-state index >= 15 is 0 Å². The molecule has 0 spiro atoms. The smallest absolute Gasteiger partial charge is 0.236 e. The Morgan fingerprint density at radius 3 is 2.89 bits per heavy atom. The first-order valence-electron chi connectivity index (χ1n) is 5.66. The third-order valence-corrected chi connectivity index (χ3v) is 3.22. The first-order chi connectivity index (χ1) is 8.52. The Kier molecular flexibility index (Phi) is 6.17. The Morgan fingerprint density at radius 2 is 2.33 bits per heavy atom. The number of amides is 1. The van der Waals surface area contributed by atoms with Crippen molar-refractivity contribution in [3.63, 3.8) is 0 Å². The van der Waals surface area contributed by atoms with Crippen LogP contribution in [0, 0.1) is 0 Å². The van der Waals surface area contributed by atoms with Crippen molar-refractivity contribution >= 4 is 23.6 Å². The molecule has 1 unspecified atom stereocenters. The fourth-order valence-corrected chi connectivity index (χ4v) is 1.89. The average molecular weight is 274 g/mol. The van der Waals surface area contributed by atoms with Crippen LogP contribution in [0.5, 0.6) is 0 Å². The number of anilines is 1. The molecule has 6 nitrogen and oxygen atoms in total. The predicted octanol–water partition coefficient (Wildman–Crippen LogP) is 0.823. The number of aliphatic hydroxyl groups excluding tert-OH is 2. The molecule has 0 aliphatic rings. The molecule has 0 aromatic carbocycles. The second-order valence-electron chi connectivity index (χ2n) is 4.17. The first kappa shape index (κ1) is 15.0. The van der Waals surface area contributed by atoms with Gasteiger partial charge >= 0.3 is 0 Å². The molecule has 1 aromatic heterocycles. The molecule has 1 aromatic rings. The van der Waals surface area contributed by atoms with Crippen LogP contribution in [-0.4, -0.2) is 45.5 Å². The Balaban J connectivity index is 2.31. The van der Waals surface area contributed by atoms with Crippen LogP contribution in [0.1, 0.15) is 25.5 Å². The zero-order valence-electron chi connectivity index (χ0n) is 10.4. The monoisotopic (exact) mass is 274 g/mol. The molecule has 0 saturated carbocycles. The van der Waals surface area contributed by atoms with Crippen LogP contribution < -0.4 is 5.32 Å². The number of aliphatic hydroxyl groups is 2. The van der Waals surface area contributed by atoms with E-state index in [1.165, 1.54) is 11.8 Å². The third kappa shape index (κ3) is 5.07. The van der Waals surface area contributed by atoms with Gasteiger partial charge in [0.1, 0.15) is 0 Å². The van der Waals surface area contributed by atoms with Crippen LogP contribution in [0.4, 0.5) is 5.88 Å². The Morgan fingerprint density at radius 1 is 1.61 bits per heavy atom. The topological polar surface area (TPSA) is 95.6 Å². The molecular formula is C11H18N2O4S.